The van der Waals surface area contributed by atoms with Crippen LogP contribution in [0.25, 0.3) is 10.9 Å². The normalized spacial score (nSPS) is 10.9. The van der Waals surface area contributed by atoms with Gasteiger partial charge in [0.05, 0.1) is 14.7 Å². The van der Waals surface area contributed by atoms with Gasteiger partial charge >= 0.3 is 5.69 Å². The van der Waals surface area contributed by atoms with E-state index in [0.29, 0.717) is 26.3 Å². The lowest BCUT2D eigenvalue weighted by Gasteiger charge is -2.09. The van der Waals surface area contributed by atoms with Crippen molar-refractivity contribution in [2.24, 2.45) is 0 Å². The Morgan fingerprint density at radius 2 is 2.22 bits per heavy atom. The molecule has 2 heterocycles. The summed E-state index contributed by atoms with van der Waals surface area (Å²) in [6.45, 7) is 2.58. The monoisotopic (exact) mass is 283 g/mol. The third-order valence-electron chi connectivity index (χ3n) is 2.69. The van der Waals surface area contributed by atoms with Crippen LogP contribution in [0.3, 0.4) is 0 Å². The Bertz CT molecular complexity index is 757. The van der Waals surface area contributed by atoms with Crippen molar-refractivity contribution < 1.29 is 0 Å². The van der Waals surface area contributed by atoms with Crippen molar-refractivity contribution in [2.75, 3.05) is 5.73 Å². The molecule has 0 bridgehead atoms. The molecule has 0 unspecified atom stereocenters. The maximum Gasteiger partial charge on any atom is 0.328 e. The third kappa shape index (κ3) is 2.23. The number of hydrogen-bond donors (Lipinski definition) is 2. The average molecular weight is 283 g/mol. The molecule has 7 heteroatoms. The minimum Gasteiger partial charge on any atom is -0.390 e. The minimum atomic E-state index is -0.452. The number of nitrogens with two attached hydrogens (primary N) is 1. The molecule has 18 heavy (non-hydrogen) atoms. The van der Waals surface area contributed by atoms with Crippen LogP contribution in [0.1, 0.15) is 19.8 Å². The molecule has 0 aliphatic rings. The number of H-pyrrole nitrogens is 1. The van der Waals surface area contributed by atoms with Crippen LogP contribution in [-0.2, 0) is 6.54 Å². The molecule has 0 fully saturated rings. The van der Waals surface area contributed by atoms with Crippen LogP contribution in [0.5, 0.6) is 0 Å². The van der Waals surface area contributed by atoms with E-state index in [2.05, 4.69) is 4.98 Å². The fourth-order valence-corrected chi connectivity index (χ4v) is 2.88. The molecule has 0 atom stereocenters. The Labute approximate surface area is 112 Å². The lowest BCUT2D eigenvalue weighted by molar-refractivity contribution is 0.617. The highest BCUT2D eigenvalue weighted by molar-refractivity contribution is 7.73. The van der Waals surface area contributed by atoms with Gasteiger partial charge in [0, 0.05) is 6.54 Å². The zero-order valence-corrected chi connectivity index (χ0v) is 11.5. The number of nitrogens with one attached hydrogen (secondary N) is 1. The van der Waals surface area contributed by atoms with Crippen molar-refractivity contribution in [3.05, 3.63) is 30.7 Å². The standard InChI is InChI=1S/C11H13N3O2S2/c1-2-3-4-14-6-5-7(17)18-9(12)8(6)10(15)13-11(14)16/h5H,2-4,12H2,1H3,(H,13,15,16). The zero-order chi connectivity index (χ0) is 13.3. The Kier molecular flexibility index (Phi) is 3.63. The molecule has 2 aromatic heterocycles. The maximum atomic E-state index is 11.8. The van der Waals surface area contributed by atoms with Gasteiger partial charge in [-0.3, -0.25) is 14.3 Å². The first-order valence-corrected chi connectivity index (χ1v) is 6.83. The zero-order valence-electron chi connectivity index (χ0n) is 9.86. The van der Waals surface area contributed by atoms with Crippen molar-refractivity contribution in [2.45, 2.75) is 26.3 Å². The number of rotatable bonds is 3. The summed E-state index contributed by atoms with van der Waals surface area (Å²) >= 11 is 6.27. The van der Waals surface area contributed by atoms with Crippen LogP contribution in [0.4, 0.5) is 5.00 Å². The topological polar surface area (TPSA) is 80.9 Å². The van der Waals surface area contributed by atoms with Crippen molar-refractivity contribution in [1.29, 1.82) is 0 Å². The van der Waals surface area contributed by atoms with Gasteiger partial charge in [0.2, 0.25) is 0 Å². The molecule has 2 aromatic rings. The number of aromatic amines is 1. The summed E-state index contributed by atoms with van der Waals surface area (Å²) in [5.74, 6) is 0. The van der Waals surface area contributed by atoms with Crippen molar-refractivity contribution in [3.63, 3.8) is 0 Å². The maximum absolute atomic E-state index is 11.8. The predicted octanol–water partition coefficient (Wildman–Crippen LogP) is 1.86. The van der Waals surface area contributed by atoms with Crippen LogP contribution in [-0.4, -0.2) is 9.55 Å². The SMILES string of the molecule is CCCCn1c(=O)[nH]c(=O)c2c(N)sc(=S)cc21. The van der Waals surface area contributed by atoms with Gasteiger partial charge in [-0.1, -0.05) is 25.6 Å². The fourth-order valence-electron chi connectivity index (χ4n) is 1.81. The van der Waals surface area contributed by atoms with E-state index < -0.39 is 11.2 Å². The van der Waals surface area contributed by atoms with Crippen LogP contribution < -0.4 is 17.0 Å². The molecule has 3 N–H and O–H groups in total. The van der Waals surface area contributed by atoms with E-state index >= 15 is 0 Å². The van der Waals surface area contributed by atoms with Gasteiger partial charge in [-0.25, -0.2) is 4.79 Å². The quantitative estimate of drug-likeness (QED) is 0.843. The molecule has 0 aliphatic carbocycles. The van der Waals surface area contributed by atoms with Crippen molar-refractivity contribution in [3.8, 4) is 0 Å². The third-order valence-corrected chi connectivity index (χ3v) is 3.80. The molecule has 0 aromatic carbocycles. The lowest BCUT2D eigenvalue weighted by Crippen LogP contribution is -2.30. The largest absolute Gasteiger partial charge is 0.390 e. The van der Waals surface area contributed by atoms with E-state index in [0.717, 1.165) is 12.8 Å². The summed E-state index contributed by atoms with van der Waals surface area (Å²) in [5, 5.41) is 0.702. The minimum absolute atomic E-state index is 0.351. The molecule has 0 saturated carbocycles. The number of aromatic nitrogens is 2. The molecule has 0 amide bonds. The summed E-state index contributed by atoms with van der Waals surface area (Å²) in [6, 6.07) is 1.66. The van der Waals surface area contributed by atoms with Gasteiger partial charge in [-0.05, 0) is 12.5 Å². The molecule has 0 spiro atoms. The molecule has 5 nitrogen and oxygen atoms in total. The second-order valence-electron chi connectivity index (χ2n) is 3.95. The fraction of sp³-hybridized carbons (Fsp3) is 0.364. The van der Waals surface area contributed by atoms with Gasteiger partial charge in [-0.2, -0.15) is 0 Å². The predicted molar refractivity (Wildman–Crippen MR) is 76.9 cm³/mol. The molecule has 0 radical (unpaired) electrons. The first-order chi connectivity index (χ1) is 8.54. The molecule has 2 rings (SSSR count). The average Bonchev–Trinajstić information content (AvgIpc) is 2.27. The number of hydrogen-bond acceptors (Lipinski definition) is 5. The van der Waals surface area contributed by atoms with E-state index in [-0.39, 0.29) is 0 Å². The second-order valence-corrected chi connectivity index (χ2v) is 5.74. The van der Waals surface area contributed by atoms with Gasteiger partial charge in [-0.15, -0.1) is 11.3 Å². The van der Waals surface area contributed by atoms with E-state index in [4.69, 9.17) is 18.0 Å². The number of nitrogen functional groups attached to an aromatic ring is 1. The van der Waals surface area contributed by atoms with Crippen LogP contribution in [0.15, 0.2) is 15.7 Å². The first kappa shape index (κ1) is 13.0. The molecular formula is C11H13N3O2S2. The van der Waals surface area contributed by atoms with Crippen LogP contribution in [0, 0.1) is 3.82 Å². The summed E-state index contributed by atoms with van der Waals surface area (Å²) in [7, 11) is 0. The lowest BCUT2D eigenvalue weighted by atomic mass is 10.3. The van der Waals surface area contributed by atoms with E-state index in [9.17, 15) is 9.59 Å². The summed E-state index contributed by atoms with van der Waals surface area (Å²) in [4.78, 5) is 25.9. The highest BCUT2D eigenvalue weighted by Gasteiger charge is 2.10. The smallest absolute Gasteiger partial charge is 0.328 e. The molecular weight excluding hydrogens is 270 g/mol. The van der Waals surface area contributed by atoms with E-state index in [1.54, 1.807) is 6.07 Å². The molecule has 0 saturated heterocycles. The van der Waals surface area contributed by atoms with Gasteiger partial charge < -0.3 is 5.73 Å². The molecule has 0 aliphatic heterocycles. The van der Waals surface area contributed by atoms with Crippen molar-refractivity contribution in [1.82, 2.24) is 9.55 Å². The Hall–Kier alpha value is -1.47. The molecule has 96 valence electrons. The Balaban J connectivity index is 2.89. The summed E-state index contributed by atoms with van der Waals surface area (Å²) in [6.07, 6.45) is 1.81. The Morgan fingerprint density at radius 3 is 2.89 bits per heavy atom. The van der Waals surface area contributed by atoms with Gasteiger partial charge in [0.1, 0.15) is 5.00 Å². The van der Waals surface area contributed by atoms with Gasteiger partial charge in [0.15, 0.2) is 0 Å². The number of unbranched alkanes of at least 4 members (excludes halogenated alkanes) is 1. The first-order valence-electron chi connectivity index (χ1n) is 5.61. The van der Waals surface area contributed by atoms with Crippen LogP contribution >= 0.6 is 23.6 Å². The van der Waals surface area contributed by atoms with Gasteiger partial charge in [0.25, 0.3) is 5.56 Å². The summed E-state index contributed by atoms with van der Waals surface area (Å²) in [5.41, 5.74) is 5.48. The Morgan fingerprint density at radius 1 is 1.50 bits per heavy atom. The number of fused-ring (bicyclic) bond motifs is 1. The summed E-state index contributed by atoms with van der Waals surface area (Å²) < 4.78 is 2.09. The van der Waals surface area contributed by atoms with E-state index in [1.807, 2.05) is 6.92 Å². The van der Waals surface area contributed by atoms with Crippen LogP contribution in [0.2, 0.25) is 0 Å². The van der Waals surface area contributed by atoms with Crippen molar-refractivity contribution >= 4 is 39.5 Å². The number of anilines is 1. The highest BCUT2D eigenvalue weighted by atomic mass is 32.1. The number of aryl methyl sites for hydroxylation is 1. The van der Waals surface area contributed by atoms with E-state index in [1.165, 1.54) is 15.9 Å². The highest BCUT2D eigenvalue weighted by Crippen LogP contribution is 2.22. The number of nitrogens with zero attached hydrogens (tertiary/aromatic N) is 1. The second kappa shape index (κ2) is 5.03.